The van der Waals surface area contributed by atoms with Gasteiger partial charge in [0.05, 0.1) is 0 Å². The Balaban J connectivity index is 1.84. The van der Waals surface area contributed by atoms with E-state index in [4.69, 9.17) is 5.73 Å². The number of nitrogen functional groups attached to an aromatic ring is 1. The lowest BCUT2D eigenvalue weighted by Gasteiger charge is -2.05. The molecule has 3 nitrogen and oxygen atoms in total. The molecule has 2 aromatic rings. The summed E-state index contributed by atoms with van der Waals surface area (Å²) >= 11 is 0. The molecule has 3 heteroatoms. The first-order valence-corrected chi connectivity index (χ1v) is 5.93. The summed E-state index contributed by atoms with van der Waals surface area (Å²) in [4.78, 5) is 11.8. The highest BCUT2D eigenvalue weighted by Gasteiger charge is 2.03. The number of benzene rings is 2. The Morgan fingerprint density at radius 3 is 2.56 bits per heavy atom. The summed E-state index contributed by atoms with van der Waals surface area (Å²) in [6.45, 7) is 0.608. The third-order valence-electron chi connectivity index (χ3n) is 2.69. The molecule has 0 unspecified atom stereocenters. The van der Waals surface area contributed by atoms with Crippen molar-refractivity contribution in [2.24, 2.45) is 0 Å². The van der Waals surface area contributed by atoms with Gasteiger partial charge in [0.15, 0.2) is 0 Å². The smallest absolute Gasteiger partial charge is 0.251 e. The molecule has 2 rings (SSSR count). The summed E-state index contributed by atoms with van der Waals surface area (Å²) in [5.41, 5.74) is 8.26. The van der Waals surface area contributed by atoms with Crippen LogP contribution in [0.25, 0.3) is 0 Å². The second-order valence-electron chi connectivity index (χ2n) is 4.12. The average molecular weight is 240 g/mol. The predicted octanol–water partition coefficient (Wildman–Crippen LogP) is 2.24. The van der Waals surface area contributed by atoms with Crippen LogP contribution < -0.4 is 11.1 Å². The fourth-order valence-corrected chi connectivity index (χ4v) is 1.76. The van der Waals surface area contributed by atoms with Crippen molar-refractivity contribution in [1.82, 2.24) is 5.32 Å². The van der Waals surface area contributed by atoms with E-state index in [0.29, 0.717) is 12.1 Å². The molecule has 18 heavy (non-hydrogen) atoms. The first-order valence-electron chi connectivity index (χ1n) is 5.93. The molecule has 0 aromatic heterocycles. The maximum absolute atomic E-state index is 11.8. The van der Waals surface area contributed by atoms with Crippen molar-refractivity contribution >= 4 is 11.6 Å². The number of nitrogens with two attached hydrogens (primary N) is 1. The number of anilines is 1. The van der Waals surface area contributed by atoms with E-state index in [9.17, 15) is 4.79 Å². The molecule has 0 saturated heterocycles. The van der Waals surface area contributed by atoms with E-state index < -0.39 is 0 Å². The molecule has 0 fully saturated rings. The van der Waals surface area contributed by atoms with Crippen LogP contribution in [0.2, 0.25) is 0 Å². The molecule has 3 N–H and O–H groups in total. The van der Waals surface area contributed by atoms with Crippen LogP contribution in [0.15, 0.2) is 54.6 Å². The molecule has 92 valence electrons. The number of carbonyl (C=O) groups excluding carboxylic acids is 1. The maximum atomic E-state index is 11.8. The van der Waals surface area contributed by atoms with Crippen molar-refractivity contribution in [2.75, 3.05) is 12.3 Å². The van der Waals surface area contributed by atoms with Crippen LogP contribution in [-0.4, -0.2) is 12.5 Å². The second-order valence-corrected chi connectivity index (χ2v) is 4.12. The standard InChI is InChI=1S/C15H16N2O/c16-14-8-4-5-12(11-14)9-10-17-15(18)13-6-2-1-3-7-13/h1-8,11H,9-10,16H2,(H,17,18). The lowest BCUT2D eigenvalue weighted by atomic mass is 10.1. The van der Waals surface area contributed by atoms with Gasteiger partial charge < -0.3 is 11.1 Å². The minimum absolute atomic E-state index is 0.0421. The molecule has 1 amide bonds. The largest absolute Gasteiger partial charge is 0.399 e. The minimum Gasteiger partial charge on any atom is -0.399 e. The highest BCUT2D eigenvalue weighted by atomic mass is 16.1. The molecular weight excluding hydrogens is 224 g/mol. The molecule has 0 atom stereocenters. The van der Waals surface area contributed by atoms with Crippen molar-refractivity contribution in [1.29, 1.82) is 0 Å². The molecule has 0 saturated carbocycles. The van der Waals surface area contributed by atoms with E-state index in [1.807, 2.05) is 42.5 Å². The molecule has 0 bridgehead atoms. The van der Waals surface area contributed by atoms with Gasteiger partial charge in [-0.05, 0) is 36.2 Å². The van der Waals surface area contributed by atoms with Crippen molar-refractivity contribution < 1.29 is 4.79 Å². The van der Waals surface area contributed by atoms with E-state index in [1.165, 1.54) is 0 Å². The van der Waals surface area contributed by atoms with Gasteiger partial charge in [-0.2, -0.15) is 0 Å². The Hall–Kier alpha value is -2.29. The average Bonchev–Trinajstić information content (AvgIpc) is 2.40. The molecule has 0 aliphatic heterocycles. The lowest BCUT2D eigenvalue weighted by molar-refractivity contribution is 0.0954. The Morgan fingerprint density at radius 2 is 1.83 bits per heavy atom. The first-order chi connectivity index (χ1) is 8.75. The number of carbonyl (C=O) groups is 1. The fourth-order valence-electron chi connectivity index (χ4n) is 1.76. The van der Waals surface area contributed by atoms with Crippen molar-refractivity contribution in [3.05, 3.63) is 65.7 Å². The molecular formula is C15H16N2O. The van der Waals surface area contributed by atoms with E-state index in [1.54, 1.807) is 12.1 Å². The maximum Gasteiger partial charge on any atom is 0.251 e. The highest BCUT2D eigenvalue weighted by Crippen LogP contribution is 2.06. The zero-order valence-corrected chi connectivity index (χ0v) is 10.1. The number of rotatable bonds is 4. The number of nitrogens with one attached hydrogen (secondary N) is 1. The molecule has 2 aromatic carbocycles. The molecule has 0 radical (unpaired) electrons. The lowest BCUT2D eigenvalue weighted by Crippen LogP contribution is -2.25. The summed E-state index contributed by atoms with van der Waals surface area (Å²) in [6.07, 6.45) is 0.781. The fraction of sp³-hybridized carbons (Fsp3) is 0.133. The van der Waals surface area contributed by atoms with Gasteiger partial charge in [0.25, 0.3) is 5.91 Å². The monoisotopic (exact) mass is 240 g/mol. The van der Waals surface area contributed by atoms with Crippen molar-refractivity contribution in [2.45, 2.75) is 6.42 Å². The van der Waals surface area contributed by atoms with Crippen LogP contribution in [0.5, 0.6) is 0 Å². The molecule has 0 spiro atoms. The topological polar surface area (TPSA) is 55.1 Å². The van der Waals surface area contributed by atoms with E-state index in [0.717, 1.165) is 17.7 Å². The third kappa shape index (κ3) is 3.35. The molecule has 0 heterocycles. The van der Waals surface area contributed by atoms with Gasteiger partial charge in [-0.25, -0.2) is 0 Å². The van der Waals surface area contributed by atoms with Gasteiger partial charge in [0.1, 0.15) is 0 Å². The van der Waals surface area contributed by atoms with Crippen molar-refractivity contribution in [3.63, 3.8) is 0 Å². The SMILES string of the molecule is Nc1cccc(CCNC(=O)c2ccccc2)c1. The van der Waals surface area contributed by atoms with Gasteiger partial charge in [-0.1, -0.05) is 30.3 Å². The first kappa shape index (κ1) is 12.2. The minimum atomic E-state index is -0.0421. The van der Waals surface area contributed by atoms with Gasteiger partial charge in [0.2, 0.25) is 0 Å². The van der Waals surface area contributed by atoms with E-state index in [2.05, 4.69) is 5.32 Å². The van der Waals surface area contributed by atoms with Crippen LogP contribution in [0.4, 0.5) is 5.69 Å². The zero-order valence-electron chi connectivity index (χ0n) is 10.1. The quantitative estimate of drug-likeness (QED) is 0.805. The van der Waals surface area contributed by atoms with Gasteiger partial charge in [-0.15, -0.1) is 0 Å². The molecule has 0 aliphatic carbocycles. The Bertz CT molecular complexity index is 523. The van der Waals surface area contributed by atoms with Crippen LogP contribution in [-0.2, 0) is 6.42 Å². The normalized spacial score (nSPS) is 10.0. The summed E-state index contributed by atoms with van der Waals surface area (Å²) < 4.78 is 0. The Labute approximate surface area is 107 Å². The van der Waals surface area contributed by atoms with Gasteiger partial charge in [-0.3, -0.25) is 4.79 Å². The number of hydrogen-bond acceptors (Lipinski definition) is 2. The predicted molar refractivity (Wildman–Crippen MR) is 73.3 cm³/mol. The highest BCUT2D eigenvalue weighted by molar-refractivity contribution is 5.94. The van der Waals surface area contributed by atoms with Crippen LogP contribution >= 0.6 is 0 Å². The third-order valence-corrected chi connectivity index (χ3v) is 2.69. The summed E-state index contributed by atoms with van der Waals surface area (Å²) in [6, 6.07) is 16.9. The van der Waals surface area contributed by atoms with Gasteiger partial charge in [0, 0.05) is 17.8 Å². The van der Waals surface area contributed by atoms with Crippen molar-refractivity contribution in [3.8, 4) is 0 Å². The van der Waals surface area contributed by atoms with Crippen LogP contribution in [0.1, 0.15) is 15.9 Å². The summed E-state index contributed by atoms with van der Waals surface area (Å²) in [7, 11) is 0. The Morgan fingerprint density at radius 1 is 1.06 bits per heavy atom. The second kappa shape index (κ2) is 5.87. The summed E-state index contributed by atoms with van der Waals surface area (Å²) in [5, 5.41) is 2.89. The zero-order chi connectivity index (χ0) is 12.8. The van der Waals surface area contributed by atoms with E-state index >= 15 is 0 Å². The summed E-state index contributed by atoms with van der Waals surface area (Å²) in [5.74, 6) is -0.0421. The number of hydrogen-bond donors (Lipinski definition) is 2. The van der Waals surface area contributed by atoms with Gasteiger partial charge >= 0.3 is 0 Å². The number of amides is 1. The molecule has 0 aliphatic rings. The van der Waals surface area contributed by atoms with Crippen LogP contribution in [0, 0.1) is 0 Å². The van der Waals surface area contributed by atoms with Crippen LogP contribution in [0.3, 0.4) is 0 Å². The Kier molecular flexibility index (Phi) is 3.97. The van der Waals surface area contributed by atoms with E-state index in [-0.39, 0.29) is 5.91 Å².